The molecule has 2 nitrogen and oxygen atoms in total. The molecule has 0 radical (unpaired) electrons. The second-order valence-corrected chi connectivity index (χ2v) is 4.05. The van der Waals surface area contributed by atoms with Crippen molar-refractivity contribution in [1.29, 1.82) is 0 Å². The van der Waals surface area contributed by atoms with Crippen molar-refractivity contribution in [2.75, 3.05) is 0 Å². The van der Waals surface area contributed by atoms with Gasteiger partial charge in [0.15, 0.2) is 0 Å². The topological polar surface area (TPSA) is 18.5 Å². The van der Waals surface area contributed by atoms with Crippen molar-refractivity contribution < 1.29 is 40.2 Å². The lowest BCUT2D eigenvalue weighted by molar-refractivity contribution is -0.374. The van der Waals surface area contributed by atoms with Crippen molar-refractivity contribution in [2.45, 2.75) is 50.4 Å². The molecule has 0 spiro atoms. The Bertz CT molecular complexity index is 321. The van der Waals surface area contributed by atoms with Crippen LogP contribution in [0.25, 0.3) is 0 Å². The lowest BCUT2D eigenvalue weighted by Crippen LogP contribution is -2.54. The van der Waals surface area contributed by atoms with Crippen LogP contribution in [0.4, 0.5) is 30.7 Å². The number of ether oxygens (including phenoxy) is 2. The Morgan fingerprint density at radius 2 is 1.29 bits per heavy atom. The van der Waals surface area contributed by atoms with Gasteiger partial charge in [-0.2, -0.15) is 17.6 Å². The molecule has 0 aromatic carbocycles. The molecule has 0 amide bonds. The summed E-state index contributed by atoms with van der Waals surface area (Å²) in [6, 6.07) is 0. The Balaban J connectivity index is 3.24. The van der Waals surface area contributed by atoms with Gasteiger partial charge in [-0.25, -0.2) is 13.2 Å². The van der Waals surface area contributed by atoms with E-state index in [1.54, 1.807) is 0 Å². The Labute approximate surface area is 91.7 Å². The van der Waals surface area contributed by atoms with Crippen molar-refractivity contribution in [3.05, 3.63) is 0 Å². The second-order valence-electron chi connectivity index (χ2n) is 4.05. The minimum Gasteiger partial charge on any atom is -0.303 e. The molecule has 3 atom stereocenters. The number of hydrogen-bond acceptors (Lipinski definition) is 2. The van der Waals surface area contributed by atoms with E-state index >= 15 is 0 Å². The van der Waals surface area contributed by atoms with Gasteiger partial charge in [-0.05, 0) is 6.92 Å². The lowest BCUT2D eigenvalue weighted by Gasteiger charge is -2.30. The molecule has 1 aliphatic rings. The minimum atomic E-state index is -5.85. The summed E-state index contributed by atoms with van der Waals surface area (Å²) < 4.78 is 97.0. The summed E-state index contributed by atoms with van der Waals surface area (Å²) in [6.45, 7) is 0.501. The van der Waals surface area contributed by atoms with Crippen LogP contribution in [0.2, 0.25) is 0 Å². The van der Waals surface area contributed by atoms with E-state index in [2.05, 4.69) is 9.47 Å². The average Bonchev–Trinajstić information content (AvgIpc) is 2.16. The molecule has 0 aromatic rings. The molecule has 17 heavy (non-hydrogen) atoms. The van der Waals surface area contributed by atoms with Gasteiger partial charge in [0.1, 0.15) is 0 Å². The van der Waals surface area contributed by atoms with Gasteiger partial charge in [0.25, 0.3) is 11.8 Å². The van der Waals surface area contributed by atoms with Crippen LogP contribution in [0, 0.1) is 0 Å². The highest BCUT2D eigenvalue weighted by Crippen LogP contribution is 2.57. The van der Waals surface area contributed by atoms with E-state index in [1.165, 1.54) is 0 Å². The normalized spacial score (nSPS) is 44.1. The van der Waals surface area contributed by atoms with Crippen LogP contribution in [0.1, 0.15) is 20.8 Å². The van der Waals surface area contributed by atoms with Gasteiger partial charge in [-0.1, -0.05) is 0 Å². The first-order valence-corrected chi connectivity index (χ1v) is 4.39. The predicted octanol–water partition coefficient (Wildman–Crippen LogP) is 3.32. The smallest absolute Gasteiger partial charge is 0.303 e. The highest BCUT2D eigenvalue weighted by molar-refractivity contribution is 5.01. The van der Waals surface area contributed by atoms with E-state index in [-0.39, 0.29) is 13.8 Å². The zero-order valence-electron chi connectivity index (χ0n) is 8.96. The van der Waals surface area contributed by atoms with E-state index in [0.717, 1.165) is 0 Å². The Morgan fingerprint density at radius 1 is 0.882 bits per heavy atom. The molecule has 1 rings (SSSR count). The standard InChI is InChI=1S/C8H9F7O2/c1-4(9,10)6(3)16-5(2,11)7(12,17-6)8(13,14)15/h1-3H3. The quantitative estimate of drug-likeness (QED) is 0.680. The molecule has 1 fully saturated rings. The number of rotatable bonds is 1. The lowest BCUT2D eigenvalue weighted by atomic mass is 10.1. The maximum atomic E-state index is 13.4. The SMILES string of the molecule is CC(F)(F)C1(C)OC(C)(F)C(F)(C(F)(F)F)O1. The molecule has 102 valence electrons. The first kappa shape index (κ1) is 14.5. The van der Waals surface area contributed by atoms with E-state index in [1.807, 2.05) is 0 Å². The minimum absolute atomic E-state index is 0.0392. The third-order valence-electron chi connectivity index (χ3n) is 2.46. The van der Waals surface area contributed by atoms with Crippen LogP contribution in [0.3, 0.4) is 0 Å². The van der Waals surface area contributed by atoms with Crippen molar-refractivity contribution in [3.63, 3.8) is 0 Å². The Morgan fingerprint density at radius 3 is 1.47 bits per heavy atom. The number of hydrogen-bond donors (Lipinski definition) is 0. The molecule has 0 bridgehead atoms. The van der Waals surface area contributed by atoms with Gasteiger partial charge in [0.05, 0.1) is 0 Å². The van der Waals surface area contributed by atoms with E-state index in [9.17, 15) is 30.7 Å². The Hall–Kier alpha value is -0.570. The maximum absolute atomic E-state index is 13.4. The van der Waals surface area contributed by atoms with Crippen LogP contribution < -0.4 is 0 Å². The van der Waals surface area contributed by atoms with Crippen molar-refractivity contribution in [3.8, 4) is 0 Å². The van der Waals surface area contributed by atoms with Crippen LogP contribution in [0.15, 0.2) is 0 Å². The van der Waals surface area contributed by atoms with E-state index < -0.39 is 29.6 Å². The predicted molar refractivity (Wildman–Crippen MR) is 40.6 cm³/mol. The van der Waals surface area contributed by atoms with Crippen molar-refractivity contribution in [2.24, 2.45) is 0 Å². The summed E-state index contributed by atoms with van der Waals surface area (Å²) >= 11 is 0. The summed E-state index contributed by atoms with van der Waals surface area (Å²) in [6.07, 6.45) is -5.85. The summed E-state index contributed by atoms with van der Waals surface area (Å²) in [7, 11) is 0. The second kappa shape index (κ2) is 3.25. The molecule has 9 heteroatoms. The van der Waals surface area contributed by atoms with Gasteiger partial charge < -0.3 is 4.74 Å². The van der Waals surface area contributed by atoms with Gasteiger partial charge in [-0.15, -0.1) is 0 Å². The summed E-state index contributed by atoms with van der Waals surface area (Å²) in [5, 5.41) is 0. The third kappa shape index (κ3) is 1.88. The van der Waals surface area contributed by atoms with E-state index in [4.69, 9.17) is 0 Å². The molecular weight excluding hydrogens is 261 g/mol. The molecular formula is C8H9F7O2. The van der Waals surface area contributed by atoms with E-state index in [0.29, 0.717) is 6.92 Å². The molecule has 1 heterocycles. The number of alkyl halides is 7. The number of halogens is 7. The molecule has 3 unspecified atom stereocenters. The summed E-state index contributed by atoms with van der Waals surface area (Å²) in [4.78, 5) is 0. The molecule has 1 saturated heterocycles. The van der Waals surface area contributed by atoms with Gasteiger partial charge in [0.2, 0.25) is 5.79 Å². The fraction of sp³-hybridized carbons (Fsp3) is 1.00. The Kier molecular flexibility index (Phi) is 2.77. The van der Waals surface area contributed by atoms with Gasteiger partial charge in [0, 0.05) is 13.8 Å². The third-order valence-corrected chi connectivity index (χ3v) is 2.46. The van der Waals surface area contributed by atoms with Gasteiger partial charge >= 0.3 is 12.0 Å². The highest BCUT2D eigenvalue weighted by atomic mass is 19.4. The van der Waals surface area contributed by atoms with Gasteiger partial charge in [-0.3, -0.25) is 4.74 Å². The zero-order valence-corrected chi connectivity index (χ0v) is 8.96. The fourth-order valence-electron chi connectivity index (χ4n) is 1.30. The largest absolute Gasteiger partial charge is 0.454 e. The van der Waals surface area contributed by atoms with Crippen molar-refractivity contribution in [1.82, 2.24) is 0 Å². The molecule has 0 aliphatic carbocycles. The fourth-order valence-corrected chi connectivity index (χ4v) is 1.30. The van der Waals surface area contributed by atoms with Crippen LogP contribution in [-0.4, -0.2) is 29.6 Å². The highest BCUT2D eigenvalue weighted by Gasteiger charge is 2.81. The molecule has 0 aromatic heterocycles. The molecule has 1 aliphatic heterocycles. The first-order valence-electron chi connectivity index (χ1n) is 4.39. The first-order chi connectivity index (χ1) is 7.16. The van der Waals surface area contributed by atoms with Crippen LogP contribution >= 0.6 is 0 Å². The van der Waals surface area contributed by atoms with Crippen LogP contribution in [-0.2, 0) is 9.47 Å². The summed E-state index contributed by atoms with van der Waals surface area (Å²) in [5.74, 6) is -16.4. The average molecular weight is 270 g/mol. The van der Waals surface area contributed by atoms with Crippen LogP contribution in [0.5, 0.6) is 0 Å². The molecule has 0 N–H and O–H groups in total. The monoisotopic (exact) mass is 270 g/mol. The summed E-state index contributed by atoms with van der Waals surface area (Å²) in [5.41, 5.74) is 0. The molecule has 0 saturated carbocycles. The zero-order chi connectivity index (χ0) is 13.9. The van der Waals surface area contributed by atoms with Crippen molar-refractivity contribution >= 4 is 0 Å². The maximum Gasteiger partial charge on any atom is 0.454 e.